The lowest BCUT2D eigenvalue weighted by molar-refractivity contribution is 0.0948. The number of carbonyl (C=O) groups is 1. The SMILES string of the molecule is Cc1noc(CCNC(=O)c2ncccc2C#CCO)n1. The number of nitrogens with one attached hydrogen (secondary N) is 1. The molecule has 0 spiro atoms. The third-order valence-electron chi connectivity index (χ3n) is 2.52. The van der Waals surface area contributed by atoms with Crippen LogP contribution in [-0.2, 0) is 6.42 Å². The molecule has 108 valence electrons. The fourth-order valence-corrected chi connectivity index (χ4v) is 1.63. The fourth-order valence-electron chi connectivity index (χ4n) is 1.63. The van der Waals surface area contributed by atoms with E-state index in [2.05, 4.69) is 32.3 Å². The highest BCUT2D eigenvalue weighted by atomic mass is 16.5. The second-order valence-corrected chi connectivity index (χ2v) is 4.10. The van der Waals surface area contributed by atoms with Crippen LogP contribution in [0.15, 0.2) is 22.9 Å². The minimum Gasteiger partial charge on any atom is -0.384 e. The third kappa shape index (κ3) is 4.12. The first-order valence-corrected chi connectivity index (χ1v) is 6.33. The molecule has 21 heavy (non-hydrogen) atoms. The Bertz CT molecular complexity index is 685. The van der Waals surface area contributed by atoms with Gasteiger partial charge in [0.15, 0.2) is 5.82 Å². The van der Waals surface area contributed by atoms with E-state index in [1.54, 1.807) is 19.1 Å². The number of nitrogens with zero attached hydrogens (tertiary/aromatic N) is 3. The molecule has 0 aliphatic carbocycles. The number of aliphatic hydroxyl groups excluding tert-OH is 1. The van der Waals surface area contributed by atoms with Gasteiger partial charge in [-0.2, -0.15) is 4.98 Å². The first kappa shape index (κ1) is 14.7. The molecule has 2 aromatic heterocycles. The number of aliphatic hydroxyl groups is 1. The van der Waals surface area contributed by atoms with Gasteiger partial charge < -0.3 is 14.9 Å². The van der Waals surface area contributed by atoms with Crippen molar-refractivity contribution in [3.05, 3.63) is 41.3 Å². The fraction of sp³-hybridized carbons (Fsp3) is 0.286. The van der Waals surface area contributed by atoms with Gasteiger partial charge in [-0.05, 0) is 19.1 Å². The van der Waals surface area contributed by atoms with E-state index in [1.807, 2.05) is 0 Å². The maximum Gasteiger partial charge on any atom is 0.271 e. The van der Waals surface area contributed by atoms with Crippen LogP contribution in [0.25, 0.3) is 0 Å². The van der Waals surface area contributed by atoms with Crippen molar-refractivity contribution in [2.24, 2.45) is 0 Å². The van der Waals surface area contributed by atoms with Crippen LogP contribution >= 0.6 is 0 Å². The molecule has 0 atom stereocenters. The maximum atomic E-state index is 12.1. The van der Waals surface area contributed by atoms with Crippen LogP contribution in [0.5, 0.6) is 0 Å². The number of amides is 1. The van der Waals surface area contributed by atoms with Gasteiger partial charge in [0.2, 0.25) is 5.89 Å². The zero-order valence-corrected chi connectivity index (χ0v) is 11.5. The molecule has 0 aromatic carbocycles. The average molecular weight is 286 g/mol. The Morgan fingerprint density at radius 2 is 2.38 bits per heavy atom. The summed E-state index contributed by atoms with van der Waals surface area (Å²) in [5, 5.41) is 15.1. The number of hydrogen-bond donors (Lipinski definition) is 2. The molecule has 0 radical (unpaired) electrons. The van der Waals surface area contributed by atoms with Gasteiger partial charge in [-0.3, -0.25) is 4.79 Å². The Morgan fingerprint density at radius 1 is 1.52 bits per heavy atom. The third-order valence-corrected chi connectivity index (χ3v) is 2.52. The minimum atomic E-state index is -0.339. The second-order valence-electron chi connectivity index (χ2n) is 4.10. The van der Waals surface area contributed by atoms with Crippen LogP contribution < -0.4 is 5.32 Å². The van der Waals surface area contributed by atoms with Crippen LogP contribution in [0.2, 0.25) is 0 Å². The van der Waals surface area contributed by atoms with Crippen LogP contribution in [0.3, 0.4) is 0 Å². The highest BCUT2D eigenvalue weighted by molar-refractivity contribution is 5.94. The lowest BCUT2D eigenvalue weighted by atomic mass is 10.2. The van der Waals surface area contributed by atoms with Crippen molar-refractivity contribution in [1.29, 1.82) is 0 Å². The minimum absolute atomic E-state index is 0.222. The molecular formula is C14H14N4O3. The zero-order valence-electron chi connectivity index (χ0n) is 11.5. The Kier molecular flexibility index (Phi) is 5.01. The van der Waals surface area contributed by atoms with Gasteiger partial charge in [0, 0.05) is 19.2 Å². The quantitative estimate of drug-likeness (QED) is 0.772. The molecule has 0 saturated carbocycles. The number of aromatic nitrogens is 3. The average Bonchev–Trinajstić information content (AvgIpc) is 2.91. The molecule has 2 N–H and O–H groups in total. The normalized spacial score (nSPS) is 9.81. The van der Waals surface area contributed by atoms with Crippen molar-refractivity contribution in [1.82, 2.24) is 20.4 Å². The summed E-state index contributed by atoms with van der Waals surface area (Å²) in [5.74, 6) is 5.87. The number of rotatable bonds is 4. The molecular weight excluding hydrogens is 272 g/mol. The van der Waals surface area contributed by atoms with E-state index < -0.39 is 0 Å². The highest BCUT2D eigenvalue weighted by Gasteiger charge is 2.11. The van der Waals surface area contributed by atoms with Gasteiger partial charge in [-0.25, -0.2) is 4.98 Å². The molecule has 0 aliphatic heterocycles. The summed E-state index contributed by atoms with van der Waals surface area (Å²) >= 11 is 0. The lowest BCUT2D eigenvalue weighted by Gasteiger charge is -2.04. The van der Waals surface area contributed by atoms with Crippen molar-refractivity contribution >= 4 is 5.91 Å². The standard InChI is InChI=1S/C14H14N4O3/c1-10-17-12(21-18-10)6-8-16-14(20)13-11(5-3-9-19)4-2-7-15-13/h2,4,7,19H,6,8-9H2,1H3,(H,16,20). The maximum absolute atomic E-state index is 12.1. The summed E-state index contributed by atoms with van der Waals surface area (Å²) in [4.78, 5) is 20.1. The monoisotopic (exact) mass is 286 g/mol. The van der Waals surface area contributed by atoms with E-state index in [-0.39, 0.29) is 18.2 Å². The van der Waals surface area contributed by atoms with Gasteiger partial charge in [-0.15, -0.1) is 0 Å². The van der Waals surface area contributed by atoms with Gasteiger partial charge >= 0.3 is 0 Å². The van der Waals surface area contributed by atoms with E-state index in [0.717, 1.165) is 0 Å². The summed E-state index contributed by atoms with van der Waals surface area (Å²) in [5.41, 5.74) is 0.692. The van der Waals surface area contributed by atoms with E-state index in [0.29, 0.717) is 30.2 Å². The molecule has 0 aliphatic rings. The van der Waals surface area contributed by atoms with Crippen molar-refractivity contribution in [2.75, 3.05) is 13.2 Å². The predicted octanol–water partition coefficient (Wildman–Crippen LogP) is 0.0893. The number of pyridine rings is 1. The van der Waals surface area contributed by atoms with E-state index in [1.165, 1.54) is 6.20 Å². The predicted molar refractivity (Wildman–Crippen MR) is 73.3 cm³/mol. The highest BCUT2D eigenvalue weighted by Crippen LogP contribution is 2.03. The number of carbonyl (C=O) groups excluding carboxylic acids is 1. The first-order chi connectivity index (χ1) is 10.2. The molecule has 2 aromatic rings. The van der Waals surface area contributed by atoms with E-state index in [9.17, 15) is 4.79 Å². The molecule has 7 nitrogen and oxygen atoms in total. The molecule has 0 bridgehead atoms. The Balaban J connectivity index is 1.97. The summed E-state index contributed by atoms with van der Waals surface area (Å²) in [6, 6.07) is 3.35. The molecule has 0 fully saturated rings. The summed E-state index contributed by atoms with van der Waals surface area (Å²) < 4.78 is 4.95. The van der Waals surface area contributed by atoms with E-state index >= 15 is 0 Å². The molecule has 7 heteroatoms. The largest absolute Gasteiger partial charge is 0.384 e. The van der Waals surface area contributed by atoms with Gasteiger partial charge in [-0.1, -0.05) is 17.0 Å². The second kappa shape index (κ2) is 7.17. The number of hydrogen-bond acceptors (Lipinski definition) is 6. The van der Waals surface area contributed by atoms with Crippen LogP contribution in [0, 0.1) is 18.8 Å². The topological polar surface area (TPSA) is 101 Å². The van der Waals surface area contributed by atoms with Crippen molar-refractivity contribution in [3.8, 4) is 11.8 Å². The molecule has 0 unspecified atom stereocenters. The zero-order chi connectivity index (χ0) is 15.1. The Morgan fingerprint density at radius 3 is 3.10 bits per heavy atom. The molecule has 1 amide bonds. The van der Waals surface area contributed by atoms with Gasteiger partial charge in [0.25, 0.3) is 5.91 Å². The first-order valence-electron chi connectivity index (χ1n) is 6.33. The van der Waals surface area contributed by atoms with Crippen molar-refractivity contribution in [2.45, 2.75) is 13.3 Å². The lowest BCUT2D eigenvalue weighted by Crippen LogP contribution is -2.27. The van der Waals surface area contributed by atoms with Crippen molar-refractivity contribution < 1.29 is 14.4 Å². The summed E-state index contributed by atoms with van der Waals surface area (Å²) in [6.45, 7) is 1.81. The van der Waals surface area contributed by atoms with Gasteiger partial charge in [0.1, 0.15) is 12.3 Å². The van der Waals surface area contributed by atoms with E-state index in [4.69, 9.17) is 9.63 Å². The van der Waals surface area contributed by atoms with Crippen LogP contribution in [-0.4, -0.2) is 39.3 Å². The van der Waals surface area contributed by atoms with Gasteiger partial charge in [0.05, 0.1) is 5.56 Å². The summed E-state index contributed by atoms with van der Waals surface area (Å²) in [6.07, 6.45) is 1.96. The smallest absolute Gasteiger partial charge is 0.271 e. The number of aryl methyl sites for hydroxylation is 1. The molecule has 2 rings (SSSR count). The Labute approximate surface area is 121 Å². The molecule has 0 saturated heterocycles. The Hall–Kier alpha value is -2.72. The van der Waals surface area contributed by atoms with Crippen LogP contribution in [0.4, 0.5) is 0 Å². The summed E-state index contributed by atoms with van der Waals surface area (Å²) in [7, 11) is 0. The molecule has 2 heterocycles. The van der Waals surface area contributed by atoms with Crippen molar-refractivity contribution in [3.63, 3.8) is 0 Å². The van der Waals surface area contributed by atoms with Crippen LogP contribution in [0.1, 0.15) is 27.8 Å².